The van der Waals surface area contributed by atoms with Crippen molar-refractivity contribution < 1.29 is 87.2 Å². The fourth-order valence-corrected chi connectivity index (χ4v) is 11.2. The molecule has 0 spiro atoms. The lowest BCUT2D eigenvalue weighted by atomic mass is 9.99. The lowest BCUT2D eigenvalue weighted by molar-refractivity contribution is -0.137. The highest BCUT2D eigenvalue weighted by Crippen LogP contribution is 2.17. The summed E-state index contributed by atoms with van der Waals surface area (Å²) in [6.45, 7) is 15.1. The predicted octanol–water partition coefficient (Wildman–Crippen LogP) is -4.80. The third kappa shape index (κ3) is 32.6. The summed E-state index contributed by atoms with van der Waals surface area (Å²) in [5, 5.41) is 63.7. The van der Waals surface area contributed by atoms with E-state index in [2.05, 4.69) is 69.1 Å². The highest BCUT2D eigenvalue weighted by molar-refractivity contribution is 7.98. The molecule has 1 aromatic rings. The summed E-state index contributed by atoms with van der Waals surface area (Å²) in [6.07, 6.45) is 1.01. The fraction of sp³-hybridized carbons (Fsp3) is 0.687. The lowest BCUT2D eigenvalue weighted by Gasteiger charge is -2.29. The van der Waals surface area contributed by atoms with E-state index in [-0.39, 0.29) is 94.4 Å². The average Bonchev–Trinajstić information content (AvgIpc) is 1.12. The molecule has 1 aromatic carbocycles. The molecule has 0 aromatic heterocycles. The van der Waals surface area contributed by atoms with Crippen molar-refractivity contribution in [1.82, 2.24) is 69.1 Å². The third-order valence-electron chi connectivity index (χ3n) is 16.6. The molecule has 0 radical (unpaired) electrons. The Morgan fingerprint density at radius 1 is 0.495 bits per heavy atom. The van der Waals surface area contributed by atoms with Crippen LogP contribution in [0.3, 0.4) is 0 Å². The van der Waals surface area contributed by atoms with Gasteiger partial charge in [0.15, 0.2) is 0 Å². The molecule has 1 saturated heterocycles. The van der Waals surface area contributed by atoms with Crippen molar-refractivity contribution >= 4 is 100 Å². The number of nitrogens with one attached hydrogen (secondary N) is 13. The van der Waals surface area contributed by atoms with E-state index in [1.165, 1.54) is 49.9 Å². The van der Waals surface area contributed by atoms with Crippen LogP contribution in [-0.2, 0) is 78.3 Å². The van der Waals surface area contributed by atoms with E-state index in [4.69, 9.17) is 22.9 Å². The first kappa shape index (κ1) is 90.3. The van der Waals surface area contributed by atoms with Crippen LogP contribution in [0.1, 0.15) is 152 Å². The first-order chi connectivity index (χ1) is 48.4. The number of phenols is 1. The quantitative estimate of drug-likeness (QED) is 0.0272. The minimum Gasteiger partial charge on any atom is -0.508 e. The number of amides is 15. The minimum atomic E-state index is -1.87. The van der Waals surface area contributed by atoms with Crippen LogP contribution in [0.15, 0.2) is 24.3 Å². The number of hydrogen-bond donors (Lipinski definition) is 20. The fourth-order valence-electron chi connectivity index (χ4n) is 10.7. The molecule has 0 saturated carbocycles. The molecule has 0 unspecified atom stereocenters. The van der Waals surface area contributed by atoms with Gasteiger partial charge in [-0.2, -0.15) is 11.8 Å². The van der Waals surface area contributed by atoms with Crippen molar-refractivity contribution in [3.63, 3.8) is 0 Å². The van der Waals surface area contributed by atoms with Gasteiger partial charge in [0.25, 0.3) is 0 Å². The van der Waals surface area contributed by atoms with Gasteiger partial charge in [-0.3, -0.25) is 71.9 Å². The number of rotatable bonds is 48. The van der Waals surface area contributed by atoms with Gasteiger partial charge in [0.1, 0.15) is 84.3 Å². The first-order valence-corrected chi connectivity index (χ1v) is 36.2. The van der Waals surface area contributed by atoms with E-state index in [1.807, 2.05) is 6.26 Å². The number of primary amides is 2. The molecule has 15 amide bonds. The third-order valence-corrected chi connectivity index (χ3v) is 17.2. The molecule has 1 aliphatic rings. The van der Waals surface area contributed by atoms with Gasteiger partial charge in [0.05, 0.1) is 19.1 Å². The van der Waals surface area contributed by atoms with Crippen molar-refractivity contribution in [2.45, 2.75) is 237 Å². The van der Waals surface area contributed by atoms with Gasteiger partial charge in [-0.15, -0.1) is 0 Å². The largest absolute Gasteiger partial charge is 0.508 e. The van der Waals surface area contributed by atoms with Crippen LogP contribution in [0.25, 0.3) is 0 Å². The number of benzene rings is 1. The number of phenolic OH excluding ortho intramolecular Hbond substituents is 1. The molecule has 0 bridgehead atoms. The normalized spacial score (nSPS) is 16.6. The number of nitrogens with two attached hydrogens (primary N) is 4. The summed E-state index contributed by atoms with van der Waals surface area (Å²) < 4.78 is 0. The Kier molecular flexibility index (Phi) is 40.4. The second-order valence-corrected chi connectivity index (χ2v) is 28.3. The number of thioether (sulfide) groups is 1. The number of aliphatic hydroxyl groups is 2. The van der Waals surface area contributed by atoms with Crippen molar-refractivity contribution in [2.75, 3.05) is 31.7 Å². The predicted molar refractivity (Wildman–Crippen MR) is 381 cm³/mol. The number of aliphatic hydroxyl groups excluding tert-OH is 2. The molecular weight excluding hydrogens is 1360 g/mol. The zero-order chi connectivity index (χ0) is 78.0. The molecule has 0 aliphatic carbocycles. The summed E-state index contributed by atoms with van der Waals surface area (Å²) >= 11 is 1.42. The number of carbonyl (C=O) groups excluding carboxylic acids is 15. The standard InChI is InChI=1S/C67H113N17O18S/c1-33(2)28-45(61(96)79-48(31-50(70)88)63(98)81-49(32-85)65(100)83-53(36(7)8)67(102)80-46(29-34(3)4)64(99)84-54(38(10)86)55(71)90)77-62(97)47(30-39-18-20-40(87)21-19-39)78-59(94)41(16-12-14-25-68)74-58(93)42(17-13-15-26-69)76-66(101)52(35(5)6)82-56(91)37(9)72-57(92)44(24-27-103-11)75-60(95)43-22-23-51(89)73-43/h18-21,33-38,41-49,52-54,85-87H,12-17,22-32,68-69H2,1-11H3,(H2,70,88)(H2,71,90)(H,72,92)(H,73,89)(H,74,93)(H,75,95)(H,76,101)(H,77,97)(H,78,94)(H,79,96)(H,80,102)(H,81,98)(H,82,91)(H,83,100)(H,84,99)/t37-,38+,41-,42-,43-,44-,45-,46-,47-,48-,49-,52-,53-,54-/m0/s1. The van der Waals surface area contributed by atoms with Gasteiger partial charge in [0, 0.05) is 12.8 Å². The molecule has 1 heterocycles. The van der Waals surface area contributed by atoms with E-state index in [0.717, 1.165) is 0 Å². The topological polar surface area (TPSA) is 577 Å². The Labute approximate surface area is 605 Å². The summed E-state index contributed by atoms with van der Waals surface area (Å²) in [6, 6.07) is -12.7. The van der Waals surface area contributed by atoms with Crippen LogP contribution >= 0.6 is 11.8 Å². The lowest BCUT2D eigenvalue weighted by Crippen LogP contribution is -2.62. The zero-order valence-corrected chi connectivity index (χ0v) is 61.7. The van der Waals surface area contributed by atoms with Crippen LogP contribution < -0.4 is 92.1 Å². The maximum atomic E-state index is 14.8. The molecule has 580 valence electrons. The van der Waals surface area contributed by atoms with Crippen molar-refractivity contribution in [2.24, 2.45) is 46.6 Å². The van der Waals surface area contributed by atoms with Gasteiger partial charge in [-0.05, 0) is 145 Å². The molecule has 24 N–H and O–H groups in total. The van der Waals surface area contributed by atoms with Crippen LogP contribution in [-0.4, -0.2) is 220 Å². The van der Waals surface area contributed by atoms with Gasteiger partial charge in [0.2, 0.25) is 88.6 Å². The monoisotopic (exact) mass is 1480 g/mol. The minimum absolute atomic E-state index is 0.00598. The molecule has 2 rings (SSSR count). The SMILES string of the molecule is CSCC[C@H](NC(=O)[C@@H]1CCC(=O)N1)C(=O)N[C@@H](C)C(=O)N[C@H](C(=O)N[C@@H](CCCCN)C(=O)N[C@@H](CCCCN)C(=O)N[C@@H](Cc1ccc(O)cc1)C(=O)N[C@@H](CC(C)C)C(=O)N[C@@H](CC(N)=O)C(=O)N[C@@H](CO)C(=O)N[C@H](C(=O)N[C@@H](CC(C)C)C(=O)N[C@H](C(N)=O)[C@@H](C)O)C(C)C)C(C)C. The van der Waals surface area contributed by atoms with Crippen LogP contribution in [0.4, 0.5) is 0 Å². The Bertz CT molecular complexity index is 3030. The van der Waals surface area contributed by atoms with Crippen LogP contribution in [0.2, 0.25) is 0 Å². The number of carbonyl (C=O) groups is 15. The van der Waals surface area contributed by atoms with Crippen molar-refractivity contribution in [1.29, 1.82) is 0 Å². The molecule has 1 aliphatic heterocycles. The smallest absolute Gasteiger partial charge is 0.245 e. The molecule has 35 nitrogen and oxygen atoms in total. The number of hydrogen-bond acceptors (Lipinski definition) is 21. The first-order valence-electron chi connectivity index (χ1n) is 34.9. The Hall–Kier alpha value is -8.74. The second-order valence-electron chi connectivity index (χ2n) is 27.3. The molecule has 103 heavy (non-hydrogen) atoms. The molecule has 1 fully saturated rings. The van der Waals surface area contributed by atoms with Crippen molar-refractivity contribution in [3.05, 3.63) is 29.8 Å². The van der Waals surface area contributed by atoms with E-state index >= 15 is 0 Å². The van der Waals surface area contributed by atoms with E-state index in [0.29, 0.717) is 30.6 Å². The molecular formula is C67H113N17O18S. The second kappa shape index (κ2) is 46.1. The van der Waals surface area contributed by atoms with Crippen LogP contribution in [0.5, 0.6) is 5.75 Å². The Balaban J connectivity index is 2.48. The number of aromatic hydroxyl groups is 1. The van der Waals surface area contributed by atoms with Gasteiger partial charge in [-0.25, -0.2) is 0 Å². The van der Waals surface area contributed by atoms with Crippen LogP contribution in [0, 0.1) is 23.7 Å². The zero-order valence-electron chi connectivity index (χ0n) is 60.9. The molecule has 14 atom stereocenters. The van der Waals surface area contributed by atoms with E-state index in [9.17, 15) is 87.2 Å². The Morgan fingerprint density at radius 2 is 0.893 bits per heavy atom. The Morgan fingerprint density at radius 3 is 1.34 bits per heavy atom. The maximum Gasteiger partial charge on any atom is 0.245 e. The summed E-state index contributed by atoms with van der Waals surface area (Å²) in [7, 11) is 0. The highest BCUT2D eigenvalue weighted by Gasteiger charge is 2.39. The highest BCUT2D eigenvalue weighted by atomic mass is 32.2. The van der Waals surface area contributed by atoms with E-state index < -0.39 is 192 Å². The van der Waals surface area contributed by atoms with Gasteiger partial charge in [-0.1, -0.05) is 67.5 Å². The number of unbranched alkanes of at least 4 members (excludes halogenated alkanes) is 2. The van der Waals surface area contributed by atoms with Gasteiger partial charge < -0.3 is 107 Å². The van der Waals surface area contributed by atoms with Gasteiger partial charge >= 0.3 is 0 Å². The van der Waals surface area contributed by atoms with Crippen molar-refractivity contribution in [3.8, 4) is 5.75 Å². The molecule has 36 heteroatoms. The summed E-state index contributed by atoms with van der Waals surface area (Å²) in [5.74, 6) is -14.8. The maximum absolute atomic E-state index is 14.8. The average molecular weight is 1480 g/mol. The summed E-state index contributed by atoms with van der Waals surface area (Å²) in [5.41, 5.74) is 23.0. The summed E-state index contributed by atoms with van der Waals surface area (Å²) in [4.78, 5) is 204. The van der Waals surface area contributed by atoms with E-state index in [1.54, 1.807) is 55.4 Å².